The van der Waals surface area contributed by atoms with E-state index in [0.717, 1.165) is 37.4 Å². The summed E-state index contributed by atoms with van der Waals surface area (Å²) in [4.78, 5) is 5.77. The molecule has 0 aromatic carbocycles. The van der Waals surface area contributed by atoms with Crippen LogP contribution in [0, 0.1) is 0 Å². The summed E-state index contributed by atoms with van der Waals surface area (Å²) in [7, 11) is 0. The van der Waals surface area contributed by atoms with Gasteiger partial charge in [-0.15, -0.1) is 11.3 Å². The Morgan fingerprint density at radius 3 is 3.06 bits per heavy atom. The molecule has 0 amide bonds. The summed E-state index contributed by atoms with van der Waals surface area (Å²) in [5.74, 6) is 1.46. The Morgan fingerprint density at radius 1 is 1.44 bits per heavy atom. The van der Waals surface area contributed by atoms with Gasteiger partial charge in [0.1, 0.15) is 0 Å². The molecule has 0 bridgehead atoms. The van der Waals surface area contributed by atoms with E-state index in [9.17, 15) is 0 Å². The molecule has 0 spiro atoms. The molecular weight excluding hydrogens is 246 g/mol. The normalized spacial score (nSPS) is 12.8. The minimum absolute atomic E-state index is 0.126. The fourth-order valence-electron chi connectivity index (χ4n) is 1.72. The van der Waals surface area contributed by atoms with Crippen LogP contribution in [0.15, 0.2) is 22.0 Å². The van der Waals surface area contributed by atoms with Crippen LogP contribution in [0.3, 0.4) is 0 Å². The number of nitrogens with zero attached hydrogens (tertiary/aromatic N) is 2. The van der Waals surface area contributed by atoms with Crippen molar-refractivity contribution in [1.82, 2.24) is 10.1 Å². The number of aromatic nitrogens is 2. The molecule has 1 unspecified atom stereocenters. The van der Waals surface area contributed by atoms with Crippen molar-refractivity contribution < 1.29 is 4.52 Å². The maximum atomic E-state index is 5.86. The molecule has 98 valence electrons. The number of thiophene rings is 1. The Morgan fingerprint density at radius 2 is 2.33 bits per heavy atom. The van der Waals surface area contributed by atoms with Gasteiger partial charge in [0.25, 0.3) is 0 Å². The van der Waals surface area contributed by atoms with Gasteiger partial charge in [-0.25, -0.2) is 0 Å². The number of hydrogen-bond acceptors (Lipinski definition) is 5. The first-order valence-electron chi connectivity index (χ1n) is 6.37. The molecule has 5 heteroatoms. The second-order valence-corrected chi connectivity index (χ2v) is 5.44. The topological polar surface area (TPSA) is 64.9 Å². The van der Waals surface area contributed by atoms with Crippen molar-refractivity contribution in [2.24, 2.45) is 5.73 Å². The lowest BCUT2D eigenvalue weighted by Crippen LogP contribution is -2.22. The van der Waals surface area contributed by atoms with E-state index in [1.165, 1.54) is 4.88 Å². The zero-order valence-electron chi connectivity index (χ0n) is 10.6. The summed E-state index contributed by atoms with van der Waals surface area (Å²) in [5.41, 5.74) is 5.86. The van der Waals surface area contributed by atoms with Crippen LogP contribution in [0.25, 0.3) is 0 Å². The summed E-state index contributed by atoms with van der Waals surface area (Å²) in [6, 6.07) is 4.36. The molecule has 0 aliphatic carbocycles. The van der Waals surface area contributed by atoms with E-state index in [-0.39, 0.29) is 6.04 Å². The summed E-state index contributed by atoms with van der Waals surface area (Å²) in [6.45, 7) is 2.06. The Labute approximate surface area is 111 Å². The first-order valence-corrected chi connectivity index (χ1v) is 7.25. The van der Waals surface area contributed by atoms with E-state index in [4.69, 9.17) is 10.3 Å². The second-order valence-electron chi connectivity index (χ2n) is 4.41. The molecule has 18 heavy (non-hydrogen) atoms. The van der Waals surface area contributed by atoms with Gasteiger partial charge in [0, 0.05) is 23.8 Å². The van der Waals surface area contributed by atoms with Gasteiger partial charge in [0.15, 0.2) is 5.82 Å². The molecule has 0 aliphatic rings. The Hall–Kier alpha value is -1.20. The van der Waals surface area contributed by atoms with Crippen molar-refractivity contribution in [1.29, 1.82) is 0 Å². The van der Waals surface area contributed by atoms with Crippen LogP contribution in [0.2, 0.25) is 0 Å². The van der Waals surface area contributed by atoms with Crippen molar-refractivity contribution >= 4 is 11.3 Å². The number of aryl methyl sites for hydroxylation is 2. The molecule has 2 N–H and O–H groups in total. The van der Waals surface area contributed by atoms with Gasteiger partial charge in [0.05, 0.1) is 0 Å². The highest BCUT2D eigenvalue weighted by Gasteiger charge is 2.09. The zero-order chi connectivity index (χ0) is 12.8. The summed E-state index contributed by atoms with van der Waals surface area (Å²) in [6.07, 6.45) is 4.59. The highest BCUT2D eigenvalue weighted by molar-refractivity contribution is 7.09. The Bertz CT molecular complexity index is 453. The Balaban J connectivity index is 1.76. The molecule has 1 atom stereocenters. The monoisotopic (exact) mass is 265 g/mol. The third-order valence-corrected chi connectivity index (χ3v) is 3.81. The number of nitrogens with two attached hydrogens (primary N) is 1. The van der Waals surface area contributed by atoms with E-state index in [0.29, 0.717) is 6.42 Å². The maximum Gasteiger partial charge on any atom is 0.226 e. The lowest BCUT2D eigenvalue weighted by Gasteiger charge is -2.02. The summed E-state index contributed by atoms with van der Waals surface area (Å²) in [5, 5.41) is 6.06. The molecule has 2 rings (SSSR count). The first-order chi connectivity index (χ1) is 8.78. The van der Waals surface area contributed by atoms with Crippen LogP contribution in [0.4, 0.5) is 0 Å². The Kier molecular flexibility index (Phi) is 4.90. The fraction of sp³-hybridized carbons (Fsp3) is 0.538. The average molecular weight is 265 g/mol. The SMILES string of the molecule is CCC(N)Cc1noc(CCCc2cccs2)n1. The van der Waals surface area contributed by atoms with E-state index < -0.39 is 0 Å². The van der Waals surface area contributed by atoms with Crippen molar-refractivity contribution in [3.05, 3.63) is 34.1 Å². The molecule has 0 fully saturated rings. The van der Waals surface area contributed by atoms with Gasteiger partial charge in [-0.1, -0.05) is 18.1 Å². The molecule has 2 aromatic rings. The van der Waals surface area contributed by atoms with Crippen LogP contribution in [0.5, 0.6) is 0 Å². The molecule has 2 aromatic heterocycles. The average Bonchev–Trinajstić information content (AvgIpc) is 3.01. The number of rotatable bonds is 7. The van der Waals surface area contributed by atoms with E-state index in [1.54, 1.807) is 11.3 Å². The quantitative estimate of drug-likeness (QED) is 0.835. The van der Waals surface area contributed by atoms with Crippen molar-refractivity contribution in [3.63, 3.8) is 0 Å². The van der Waals surface area contributed by atoms with E-state index >= 15 is 0 Å². The minimum Gasteiger partial charge on any atom is -0.339 e. The van der Waals surface area contributed by atoms with Gasteiger partial charge in [-0.2, -0.15) is 4.98 Å². The highest BCUT2D eigenvalue weighted by atomic mass is 32.1. The van der Waals surface area contributed by atoms with Crippen LogP contribution >= 0.6 is 11.3 Å². The second kappa shape index (κ2) is 6.66. The van der Waals surface area contributed by atoms with Crippen molar-refractivity contribution in [2.75, 3.05) is 0 Å². The lowest BCUT2D eigenvalue weighted by molar-refractivity contribution is 0.369. The smallest absolute Gasteiger partial charge is 0.226 e. The van der Waals surface area contributed by atoms with Crippen molar-refractivity contribution in [3.8, 4) is 0 Å². The van der Waals surface area contributed by atoms with Crippen LogP contribution in [0.1, 0.15) is 36.4 Å². The molecule has 0 saturated carbocycles. The third-order valence-electron chi connectivity index (χ3n) is 2.87. The standard InChI is InChI=1S/C13H19N3OS/c1-2-10(14)9-12-15-13(17-16-12)7-3-5-11-6-4-8-18-11/h4,6,8,10H,2-3,5,7,9,14H2,1H3. The highest BCUT2D eigenvalue weighted by Crippen LogP contribution is 2.12. The van der Waals surface area contributed by atoms with Gasteiger partial charge in [-0.3, -0.25) is 0 Å². The van der Waals surface area contributed by atoms with Crippen LogP contribution in [-0.2, 0) is 19.3 Å². The van der Waals surface area contributed by atoms with Gasteiger partial charge >= 0.3 is 0 Å². The maximum absolute atomic E-state index is 5.86. The van der Waals surface area contributed by atoms with Gasteiger partial charge in [0.2, 0.25) is 5.89 Å². The van der Waals surface area contributed by atoms with Crippen LogP contribution < -0.4 is 5.73 Å². The molecular formula is C13H19N3OS. The minimum atomic E-state index is 0.126. The summed E-state index contributed by atoms with van der Waals surface area (Å²) >= 11 is 1.79. The van der Waals surface area contributed by atoms with E-state index in [2.05, 4.69) is 34.6 Å². The molecule has 0 radical (unpaired) electrons. The predicted molar refractivity (Wildman–Crippen MR) is 72.6 cm³/mol. The molecule has 0 saturated heterocycles. The van der Waals surface area contributed by atoms with Crippen molar-refractivity contribution in [2.45, 2.75) is 45.1 Å². The van der Waals surface area contributed by atoms with Gasteiger partial charge in [-0.05, 0) is 30.7 Å². The molecule has 2 heterocycles. The van der Waals surface area contributed by atoms with Crippen LogP contribution in [-0.4, -0.2) is 16.2 Å². The molecule has 0 aliphatic heterocycles. The largest absolute Gasteiger partial charge is 0.339 e. The lowest BCUT2D eigenvalue weighted by atomic mass is 10.1. The van der Waals surface area contributed by atoms with Gasteiger partial charge < -0.3 is 10.3 Å². The summed E-state index contributed by atoms with van der Waals surface area (Å²) < 4.78 is 5.22. The van der Waals surface area contributed by atoms with E-state index in [1.807, 2.05) is 0 Å². The third kappa shape index (κ3) is 3.92. The fourth-order valence-corrected chi connectivity index (χ4v) is 2.47. The number of hydrogen-bond donors (Lipinski definition) is 1. The zero-order valence-corrected chi connectivity index (χ0v) is 11.4. The molecule has 4 nitrogen and oxygen atoms in total. The first kappa shape index (κ1) is 13.2. The predicted octanol–water partition coefficient (Wildman–Crippen LogP) is 2.59.